The molecule has 0 bridgehead atoms. The van der Waals surface area contributed by atoms with Crippen molar-refractivity contribution in [2.45, 2.75) is 18.5 Å². The zero-order valence-corrected chi connectivity index (χ0v) is 15.2. The highest BCUT2D eigenvalue weighted by Crippen LogP contribution is 2.42. The first kappa shape index (κ1) is 16.3. The van der Waals surface area contributed by atoms with Gasteiger partial charge in [0, 0.05) is 5.02 Å². The lowest BCUT2D eigenvalue weighted by Gasteiger charge is -2.34. The average molecular weight is 378 g/mol. The minimum Gasteiger partial charge on any atom is -0.349 e. The number of hydrogen-bond donors (Lipinski definition) is 1. The number of imidazole rings is 1. The highest BCUT2D eigenvalue weighted by atomic mass is 35.5. The zero-order chi connectivity index (χ0) is 18.4. The monoisotopic (exact) mass is 377 g/mol. The van der Waals surface area contributed by atoms with Gasteiger partial charge < -0.3 is 9.88 Å². The lowest BCUT2D eigenvalue weighted by Crippen LogP contribution is -2.27. The van der Waals surface area contributed by atoms with Gasteiger partial charge in [0.2, 0.25) is 5.95 Å². The summed E-state index contributed by atoms with van der Waals surface area (Å²) in [7, 11) is 0. The van der Waals surface area contributed by atoms with E-state index in [2.05, 4.69) is 22.0 Å². The highest BCUT2D eigenvalue weighted by molar-refractivity contribution is 6.31. The second-order valence-electron chi connectivity index (χ2n) is 6.82. The van der Waals surface area contributed by atoms with E-state index < -0.39 is 0 Å². The summed E-state index contributed by atoms with van der Waals surface area (Å²) in [4.78, 5) is 4.79. The van der Waals surface area contributed by atoms with Crippen LogP contribution in [0.15, 0.2) is 72.8 Å². The molecule has 1 N–H and O–H groups in total. The molecule has 1 aliphatic rings. The van der Waals surface area contributed by atoms with E-state index in [0.29, 0.717) is 0 Å². The van der Waals surface area contributed by atoms with Crippen molar-refractivity contribution in [1.29, 1.82) is 0 Å². The van der Waals surface area contributed by atoms with Crippen molar-refractivity contribution in [3.05, 3.63) is 94.8 Å². The highest BCUT2D eigenvalue weighted by Gasteiger charge is 2.31. The maximum atomic E-state index is 13.4. The molecular formula is C22H17ClFN3. The van der Waals surface area contributed by atoms with E-state index in [1.54, 1.807) is 0 Å². The molecule has 5 rings (SSSR count). The molecule has 2 heterocycles. The number of anilines is 1. The van der Waals surface area contributed by atoms with Gasteiger partial charge in [-0.05, 0) is 47.9 Å². The van der Waals surface area contributed by atoms with Crippen molar-refractivity contribution >= 4 is 28.6 Å². The Bertz CT molecular complexity index is 1120. The number of hydrogen-bond acceptors (Lipinski definition) is 2. The Morgan fingerprint density at radius 3 is 2.52 bits per heavy atom. The lowest BCUT2D eigenvalue weighted by atomic mass is 9.93. The predicted molar refractivity (Wildman–Crippen MR) is 107 cm³/mol. The molecule has 2 unspecified atom stereocenters. The molecule has 0 fully saturated rings. The fraction of sp³-hybridized carbons (Fsp3) is 0.136. The third-order valence-corrected chi connectivity index (χ3v) is 5.55. The van der Waals surface area contributed by atoms with Crippen LogP contribution in [0.4, 0.5) is 10.3 Å². The Morgan fingerprint density at radius 1 is 0.963 bits per heavy atom. The van der Waals surface area contributed by atoms with E-state index in [1.165, 1.54) is 12.1 Å². The summed E-state index contributed by atoms with van der Waals surface area (Å²) in [6, 6.07) is 22.8. The van der Waals surface area contributed by atoms with Gasteiger partial charge in [-0.2, -0.15) is 0 Å². The third kappa shape index (κ3) is 2.77. The molecule has 3 nitrogen and oxygen atoms in total. The molecule has 0 amide bonds. The molecular weight excluding hydrogens is 361 g/mol. The number of rotatable bonds is 2. The van der Waals surface area contributed by atoms with E-state index in [4.69, 9.17) is 16.6 Å². The number of nitrogens with zero attached hydrogens (tertiary/aromatic N) is 2. The quantitative estimate of drug-likeness (QED) is 0.466. The zero-order valence-electron chi connectivity index (χ0n) is 14.4. The van der Waals surface area contributed by atoms with Crippen molar-refractivity contribution in [1.82, 2.24) is 9.55 Å². The van der Waals surface area contributed by atoms with Crippen LogP contribution in [-0.2, 0) is 0 Å². The summed E-state index contributed by atoms with van der Waals surface area (Å²) in [5, 5.41) is 4.27. The van der Waals surface area contributed by atoms with Crippen LogP contribution in [0.3, 0.4) is 0 Å². The normalized spacial score (nSPS) is 18.9. The molecule has 1 aliphatic heterocycles. The number of para-hydroxylation sites is 2. The first-order valence-electron chi connectivity index (χ1n) is 8.94. The predicted octanol–water partition coefficient (Wildman–Crippen LogP) is 5.98. The Balaban J connectivity index is 1.68. The number of nitrogens with one attached hydrogen (secondary N) is 1. The molecule has 1 aromatic heterocycles. The van der Waals surface area contributed by atoms with Crippen LogP contribution in [-0.4, -0.2) is 9.55 Å². The summed E-state index contributed by atoms with van der Waals surface area (Å²) in [5.41, 5.74) is 4.11. The maximum Gasteiger partial charge on any atom is 0.204 e. The van der Waals surface area contributed by atoms with Crippen LogP contribution in [0.2, 0.25) is 5.02 Å². The van der Waals surface area contributed by atoms with Crippen LogP contribution >= 0.6 is 11.6 Å². The minimum atomic E-state index is -0.232. The van der Waals surface area contributed by atoms with Gasteiger partial charge in [-0.15, -0.1) is 0 Å². The molecule has 0 saturated heterocycles. The lowest BCUT2D eigenvalue weighted by molar-refractivity contribution is 0.477. The number of fused-ring (bicyclic) bond motifs is 3. The van der Waals surface area contributed by atoms with Gasteiger partial charge >= 0.3 is 0 Å². The van der Waals surface area contributed by atoms with Crippen LogP contribution in [0.1, 0.15) is 29.6 Å². The Hall–Kier alpha value is -2.85. The fourth-order valence-electron chi connectivity index (χ4n) is 3.93. The van der Waals surface area contributed by atoms with E-state index in [-0.39, 0.29) is 17.9 Å². The molecule has 4 aromatic rings. The van der Waals surface area contributed by atoms with Gasteiger partial charge in [0.05, 0.1) is 23.1 Å². The van der Waals surface area contributed by atoms with Crippen molar-refractivity contribution in [2.24, 2.45) is 0 Å². The van der Waals surface area contributed by atoms with Crippen LogP contribution < -0.4 is 5.32 Å². The summed E-state index contributed by atoms with van der Waals surface area (Å²) >= 11 is 6.55. The van der Waals surface area contributed by atoms with E-state index in [1.807, 2.05) is 48.5 Å². The van der Waals surface area contributed by atoms with Crippen molar-refractivity contribution in [3.63, 3.8) is 0 Å². The second kappa shape index (κ2) is 6.39. The second-order valence-corrected chi connectivity index (χ2v) is 7.22. The average Bonchev–Trinajstić information content (AvgIpc) is 3.07. The summed E-state index contributed by atoms with van der Waals surface area (Å²) in [6.45, 7) is 0. The molecule has 5 heteroatoms. The SMILES string of the molecule is Fc1ccc(C2CC(c3ccccc3Cl)n3c(nc4ccccc43)N2)cc1. The van der Waals surface area contributed by atoms with E-state index in [0.717, 1.165) is 39.6 Å². The standard InChI is InChI=1S/C22H17ClFN3/c23-17-6-2-1-5-16(17)21-13-19(14-9-11-15(24)12-10-14)26-22-25-18-7-3-4-8-20(18)27(21)22/h1-12,19,21H,13H2,(H,25,26). The Morgan fingerprint density at radius 2 is 1.70 bits per heavy atom. The minimum absolute atomic E-state index is 0.0242. The molecule has 0 radical (unpaired) electrons. The Labute approximate surface area is 161 Å². The molecule has 27 heavy (non-hydrogen) atoms. The molecule has 0 spiro atoms. The number of halogens is 2. The summed E-state index contributed by atoms with van der Waals surface area (Å²) in [5.74, 6) is 0.575. The van der Waals surface area contributed by atoms with Gasteiger partial charge in [-0.3, -0.25) is 0 Å². The van der Waals surface area contributed by atoms with Crippen molar-refractivity contribution < 1.29 is 4.39 Å². The summed E-state index contributed by atoms with van der Waals surface area (Å²) < 4.78 is 15.6. The smallest absolute Gasteiger partial charge is 0.204 e. The number of benzene rings is 3. The number of aromatic nitrogens is 2. The van der Waals surface area contributed by atoms with Gasteiger partial charge in [0.15, 0.2) is 0 Å². The fourth-order valence-corrected chi connectivity index (χ4v) is 4.19. The van der Waals surface area contributed by atoms with Crippen LogP contribution in [0.5, 0.6) is 0 Å². The summed E-state index contributed by atoms with van der Waals surface area (Å²) in [6.07, 6.45) is 0.794. The Kier molecular flexibility index (Phi) is 3.87. The first-order chi connectivity index (χ1) is 13.2. The third-order valence-electron chi connectivity index (χ3n) is 5.21. The molecule has 0 aliphatic carbocycles. The molecule has 134 valence electrons. The van der Waals surface area contributed by atoms with E-state index >= 15 is 0 Å². The van der Waals surface area contributed by atoms with Gasteiger partial charge in [-0.1, -0.05) is 54.1 Å². The molecule has 2 atom stereocenters. The first-order valence-corrected chi connectivity index (χ1v) is 9.32. The van der Waals surface area contributed by atoms with Gasteiger partial charge in [0.1, 0.15) is 5.82 Å². The largest absolute Gasteiger partial charge is 0.349 e. The van der Waals surface area contributed by atoms with Crippen LogP contribution in [0.25, 0.3) is 11.0 Å². The maximum absolute atomic E-state index is 13.4. The molecule has 0 saturated carbocycles. The van der Waals surface area contributed by atoms with E-state index in [9.17, 15) is 4.39 Å². The van der Waals surface area contributed by atoms with Gasteiger partial charge in [0.25, 0.3) is 0 Å². The molecule has 3 aromatic carbocycles. The topological polar surface area (TPSA) is 29.9 Å². The van der Waals surface area contributed by atoms with Crippen molar-refractivity contribution in [2.75, 3.05) is 5.32 Å². The van der Waals surface area contributed by atoms with Crippen LogP contribution in [0, 0.1) is 5.82 Å². The van der Waals surface area contributed by atoms with Gasteiger partial charge in [-0.25, -0.2) is 9.37 Å². The van der Waals surface area contributed by atoms with Crippen molar-refractivity contribution in [3.8, 4) is 0 Å².